The molecule has 0 atom stereocenters. The monoisotopic (exact) mass is 346 g/mol. The van der Waals surface area contributed by atoms with Gasteiger partial charge in [-0.1, -0.05) is 44.2 Å². The second-order valence-corrected chi connectivity index (χ2v) is 7.07. The first-order valence-corrected chi connectivity index (χ1v) is 9.18. The zero-order valence-corrected chi connectivity index (χ0v) is 15.5. The van der Waals surface area contributed by atoms with Crippen molar-refractivity contribution in [2.24, 2.45) is 0 Å². The Labute approximate surface area is 150 Å². The number of amides is 2. The van der Waals surface area contributed by atoms with Gasteiger partial charge in [-0.05, 0) is 31.2 Å². The fraction of sp³-hybridized carbons (Fsp3) is 0.600. The summed E-state index contributed by atoms with van der Waals surface area (Å²) in [5.74, 6) is -0.00404. The predicted octanol–water partition coefficient (Wildman–Crippen LogP) is 2.23. The smallest absolute Gasteiger partial charge is 0.230 e. The Morgan fingerprint density at radius 1 is 1.16 bits per heavy atom. The van der Waals surface area contributed by atoms with Crippen molar-refractivity contribution in [1.29, 1.82) is 0 Å². The highest BCUT2D eigenvalue weighted by molar-refractivity contribution is 5.89. The second-order valence-electron chi connectivity index (χ2n) is 7.07. The van der Waals surface area contributed by atoms with E-state index in [4.69, 9.17) is 0 Å². The Morgan fingerprint density at radius 3 is 2.20 bits per heavy atom. The highest BCUT2D eigenvalue weighted by Gasteiger charge is 2.43. The number of piperidine rings is 1. The normalized spacial score (nSPS) is 17.2. The third-order valence-corrected chi connectivity index (χ3v) is 5.72. The number of benzene rings is 1. The van der Waals surface area contributed by atoms with Crippen LogP contribution in [-0.2, 0) is 15.0 Å². The summed E-state index contributed by atoms with van der Waals surface area (Å²) in [6, 6.07) is 9.78. The summed E-state index contributed by atoms with van der Waals surface area (Å²) in [5.41, 5.74) is -0.532. The minimum absolute atomic E-state index is 0.0495. The number of hydrogen-bond acceptors (Lipinski definition) is 3. The van der Waals surface area contributed by atoms with E-state index in [0.717, 1.165) is 5.56 Å². The molecule has 5 heteroatoms. The first-order chi connectivity index (χ1) is 11.9. The number of nitrogens with one attached hydrogen (secondary N) is 1. The van der Waals surface area contributed by atoms with Crippen LogP contribution >= 0.6 is 0 Å². The molecular weight excluding hydrogens is 316 g/mol. The zero-order valence-electron chi connectivity index (χ0n) is 15.5. The lowest BCUT2D eigenvalue weighted by molar-refractivity contribution is -0.136. The lowest BCUT2D eigenvalue weighted by Gasteiger charge is -2.41. The van der Waals surface area contributed by atoms with Crippen LogP contribution in [0.3, 0.4) is 0 Å². The van der Waals surface area contributed by atoms with Crippen LogP contribution in [0.2, 0.25) is 0 Å². The fourth-order valence-electron chi connectivity index (χ4n) is 3.52. The van der Waals surface area contributed by atoms with Crippen LogP contribution in [0, 0.1) is 0 Å². The maximum atomic E-state index is 13.1. The first kappa shape index (κ1) is 19.4. The van der Waals surface area contributed by atoms with Crippen LogP contribution in [0.15, 0.2) is 30.3 Å². The summed E-state index contributed by atoms with van der Waals surface area (Å²) in [6.07, 6.45) is 2.39. The molecule has 1 aliphatic rings. The van der Waals surface area contributed by atoms with Crippen LogP contribution in [-0.4, -0.2) is 47.1 Å². The number of carbonyl (C=O) groups excluding carboxylic acids is 2. The van der Waals surface area contributed by atoms with Gasteiger partial charge in [-0.3, -0.25) is 9.59 Å². The topological polar surface area (TPSA) is 69.6 Å². The molecule has 1 aliphatic heterocycles. The number of nitrogens with zero attached hydrogens (tertiary/aromatic N) is 1. The van der Waals surface area contributed by atoms with Crippen LogP contribution in [0.25, 0.3) is 0 Å². The summed E-state index contributed by atoms with van der Waals surface area (Å²) in [4.78, 5) is 26.6. The van der Waals surface area contributed by atoms with Crippen LogP contribution in [0.1, 0.15) is 52.0 Å². The number of likely N-dealkylation sites (tertiary alicyclic amines) is 1. The third-order valence-electron chi connectivity index (χ3n) is 5.72. The lowest BCUT2D eigenvalue weighted by atomic mass is 9.71. The third kappa shape index (κ3) is 4.21. The molecule has 0 bridgehead atoms. The van der Waals surface area contributed by atoms with Gasteiger partial charge in [0.1, 0.15) is 0 Å². The van der Waals surface area contributed by atoms with Gasteiger partial charge in [0.05, 0.1) is 11.0 Å². The van der Waals surface area contributed by atoms with E-state index in [2.05, 4.69) is 5.32 Å². The molecule has 2 rings (SSSR count). The maximum Gasteiger partial charge on any atom is 0.230 e. The molecule has 0 aromatic heterocycles. The molecule has 2 amide bonds. The average Bonchev–Trinajstić information content (AvgIpc) is 2.66. The summed E-state index contributed by atoms with van der Waals surface area (Å²) in [6.45, 7) is 6.82. The van der Waals surface area contributed by atoms with Crippen molar-refractivity contribution in [3.8, 4) is 0 Å². The Hall–Kier alpha value is -1.88. The Kier molecular flexibility index (Phi) is 6.22. The minimum Gasteiger partial charge on any atom is -0.388 e. The molecule has 0 radical (unpaired) electrons. The summed E-state index contributed by atoms with van der Waals surface area (Å²) in [5, 5.41) is 13.5. The predicted molar refractivity (Wildman–Crippen MR) is 98.1 cm³/mol. The van der Waals surface area contributed by atoms with Crippen LogP contribution < -0.4 is 5.32 Å². The van der Waals surface area contributed by atoms with Crippen molar-refractivity contribution in [1.82, 2.24) is 10.2 Å². The Balaban J connectivity index is 2.21. The molecule has 1 heterocycles. The second kappa shape index (κ2) is 8.00. The molecular formula is C20H30N2O3. The molecule has 1 aromatic carbocycles. The van der Waals surface area contributed by atoms with Crippen LogP contribution in [0.4, 0.5) is 0 Å². The molecule has 2 N–H and O–H groups in total. The highest BCUT2D eigenvalue weighted by atomic mass is 16.3. The molecule has 1 fully saturated rings. The maximum absolute atomic E-state index is 13.1. The molecule has 0 saturated carbocycles. The van der Waals surface area contributed by atoms with Gasteiger partial charge in [0.2, 0.25) is 11.8 Å². The van der Waals surface area contributed by atoms with Crippen LogP contribution in [0.5, 0.6) is 0 Å². The van der Waals surface area contributed by atoms with Crippen molar-refractivity contribution < 1.29 is 14.7 Å². The summed E-state index contributed by atoms with van der Waals surface area (Å²) < 4.78 is 0. The van der Waals surface area contributed by atoms with E-state index in [-0.39, 0.29) is 18.4 Å². The van der Waals surface area contributed by atoms with Crippen molar-refractivity contribution in [3.63, 3.8) is 0 Å². The van der Waals surface area contributed by atoms with Gasteiger partial charge >= 0.3 is 0 Å². The standard InChI is InChI=1S/C20H30N2O3/c1-4-19(25,5-2)15-21-18(24)20(17-9-7-6-8-10-17)11-13-22(14-12-20)16(3)23/h6-10,25H,4-5,11-15H2,1-3H3,(H,21,24). The van der Waals surface area contributed by atoms with Crippen molar-refractivity contribution in [2.45, 2.75) is 57.5 Å². The average molecular weight is 346 g/mol. The number of rotatable bonds is 6. The quantitative estimate of drug-likeness (QED) is 0.830. The summed E-state index contributed by atoms with van der Waals surface area (Å²) in [7, 11) is 0. The lowest BCUT2D eigenvalue weighted by Crippen LogP contribution is -2.54. The van der Waals surface area contributed by atoms with Crippen molar-refractivity contribution in [2.75, 3.05) is 19.6 Å². The molecule has 0 unspecified atom stereocenters. The SMILES string of the molecule is CCC(O)(CC)CNC(=O)C1(c2ccccc2)CCN(C(C)=O)CC1. The summed E-state index contributed by atoms with van der Waals surface area (Å²) >= 11 is 0. The van der Waals surface area contributed by atoms with Gasteiger partial charge in [-0.25, -0.2) is 0 Å². The minimum atomic E-state index is -0.867. The van der Waals surface area contributed by atoms with E-state index in [1.54, 1.807) is 11.8 Å². The molecule has 138 valence electrons. The van der Waals surface area contributed by atoms with Gasteiger partial charge in [0.25, 0.3) is 0 Å². The fourth-order valence-corrected chi connectivity index (χ4v) is 3.52. The molecule has 0 spiro atoms. The van der Waals surface area contributed by atoms with Gasteiger partial charge < -0.3 is 15.3 Å². The van der Waals surface area contributed by atoms with E-state index in [1.807, 2.05) is 44.2 Å². The molecule has 1 aromatic rings. The van der Waals surface area contributed by atoms with E-state index in [9.17, 15) is 14.7 Å². The molecule has 25 heavy (non-hydrogen) atoms. The van der Waals surface area contributed by atoms with Crippen molar-refractivity contribution >= 4 is 11.8 Å². The number of hydrogen-bond donors (Lipinski definition) is 2. The van der Waals surface area contributed by atoms with Crippen molar-refractivity contribution in [3.05, 3.63) is 35.9 Å². The zero-order chi connectivity index (χ0) is 18.5. The van der Waals surface area contributed by atoms with Gasteiger partial charge in [-0.2, -0.15) is 0 Å². The number of aliphatic hydroxyl groups is 1. The van der Waals surface area contributed by atoms with Gasteiger partial charge in [-0.15, -0.1) is 0 Å². The first-order valence-electron chi connectivity index (χ1n) is 9.18. The molecule has 5 nitrogen and oxygen atoms in total. The van der Waals surface area contributed by atoms with Gasteiger partial charge in [0, 0.05) is 26.6 Å². The highest BCUT2D eigenvalue weighted by Crippen LogP contribution is 2.36. The molecule has 0 aliphatic carbocycles. The molecule has 1 saturated heterocycles. The van der Waals surface area contributed by atoms with E-state index in [1.165, 1.54) is 0 Å². The largest absolute Gasteiger partial charge is 0.388 e. The van der Waals surface area contributed by atoms with Gasteiger partial charge in [0.15, 0.2) is 0 Å². The van der Waals surface area contributed by atoms with E-state index >= 15 is 0 Å². The number of carbonyl (C=O) groups is 2. The Morgan fingerprint density at radius 2 is 1.72 bits per heavy atom. The van der Waals surface area contributed by atoms with E-state index < -0.39 is 11.0 Å². The van der Waals surface area contributed by atoms with E-state index in [0.29, 0.717) is 38.8 Å². The Bertz CT molecular complexity index is 588.